The summed E-state index contributed by atoms with van der Waals surface area (Å²) in [6.07, 6.45) is 1.84. The topological polar surface area (TPSA) is 75.3 Å². The fourth-order valence-corrected chi connectivity index (χ4v) is 3.39. The van der Waals surface area contributed by atoms with Gasteiger partial charge in [0, 0.05) is 16.1 Å². The maximum absolute atomic E-state index is 12.4. The van der Waals surface area contributed by atoms with Crippen molar-refractivity contribution in [3.8, 4) is 0 Å². The van der Waals surface area contributed by atoms with Crippen molar-refractivity contribution in [2.75, 3.05) is 10.0 Å². The number of rotatable bonds is 5. The molecule has 0 aromatic heterocycles. The van der Waals surface area contributed by atoms with Crippen LogP contribution < -0.4 is 10.0 Å². The van der Waals surface area contributed by atoms with Gasteiger partial charge in [-0.3, -0.25) is 9.52 Å². The number of nitrogens with one attached hydrogen (secondary N) is 2. The lowest BCUT2D eigenvalue weighted by molar-refractivity contribution is -0.117. The highest BCUT2D eigenvalue weighted by Crippen LogP contribution is 2.30. The lowest BCUT2D eigenvalue weighted by Gasteiger charge is -2.10. The zero-order valence-electron chi connectivity index (χ0n) is 12.1. The largest absolute Gasteiger partial charge is 0.326 e. The molecular formula is C16H15BrN2O3S. The first-order valence-electron chi connectivity index (χ1n) is 7.13. The molecule has 0 aliphatic heterocycles. The first-order valence-corrected chi connectivity index (χ1v) is 9.41. The fraction of sp³-hybridized carbons (Fsp3) is 0.188. The Morgan fingerprint density at radius 3 is 2.35 bits per heavy atom. The van der Waals surface area contributed by atoms with Crippen molar-refractivity contribution in [3.05, 3.63) is 53.0 Å². The number of carbonyl (C=O) groups excluding carboxylic acids is 1. The fourth-order valence-electron chi connectivity index (χ4n) is 2.08. The standard InChI is InChI=1S/C16H15BrN2O3S/c17-12-6-8-15(9-7-12)23(21,22)19-14-3-1-2-13(10-14)18-16(20)11-4-5-11/h1-3,6-11,19H,4-5H2,(H,18,20). The Morgan fingerprint density at radius 2 is 1.70 bits per heavy atom. The summed E-state index contributed by atoms with van der Waals surface area (Å²) in [6, 6.07) is 13.1. The van der Waals surface area contributed by atoms with Crippen molar-refractivity contribution in [2.45, 2.75) is 17.7 Å². The van der Waals surface area contributed by atoms with Crippen LogP contribution in [0.5, 0.6) is 0 Å². The van der Waals surface area contributed by atoms with Gasteiger partial charge in [-0.2, -0.15) is 0 Å². The van der Waals surface area contributed by atoms with Gasteiger partial charge in [-0.15, -0.1) is 0 Å². The Morgan fingerprint density at radius 1 is 1.04 bits per heavy atom. The molecule has 1 saturated carbocycles. The zero-order chi connectivity index (χ0) is 16.4. The second-order valence-corrected chi connectivity index (χ2v) is 8.00. The van der Waals surface area contributed by atoms with E-state index in [1.165, 1.54) is 12.1 Å². The summed E-state index contributed by atoms with van der Waals surface area (Å²) in [6.45, 7) is 0. The maximum Gasteiger partial charge on any atom is 0.261 e. The summed E-state index contributed by atoms with van der Waals surface area (Å²) in [5.74, 6) is 0.0797. The zero-order valence-corrected chi connectivity index (χ0v) is 14.5. The van der Waals surface area contributed by atoms with Crippen LogP contribution in [0.2, 0.25) is 0 Å². The second-order valence-electron chi connectivity index (χ2n) is 5.40. The van der Waals surface area contributed by atoms with E-state index >= 15 is 0 Å². The third kappa shape index (κ3) is 4.11. The van der Waals surface area contributed by atoms with Gasteiger partial charge in [0.25, 0.3) is 10.0 Å². The number of carbonyl (C=O) groups is 1. The molecule has 2 aromatic rings. The van der Waals surface area contributed by atoms with Crippen LogP contribution in [0.3, 0.4) is 0 Å². The van der Waals surface area contributed by atoms with Gasteiger partial charge in [0.2, 0.25) is 5.91 Å². The van der Waals surface area contributed by atoms with E-state index in [1.54, 1.807) is 36.4 Å². The third-order valence-corrected chi connectivity index (χ3v) is 5.38. The Kier molecular flexibility index (Phi) is 4.41. The van der Waals surface area contributed by atoms with E-state index in [4.69, 9.17) is 0 Å². The average molecular weight is 395 g/mol. The van der Waals surface area contributed by atoms with Gasteiger partial charge < -0.3 is 5.32 Å². The molecule has 120 valence electrons. The van der Waals surface area contributed by atoms with Crippen molar-refractivity contribution >= 4 is 43.2 Å². The molecule has 2 N–H and O–H groups in total. The molecule has 2 aromatic carbocycles. The molecule has 0 heterocycles. The van der Waals surface area contributed by atoms with Crippen LogP contribution in [-0.2, 0) is 14.8 Å². The number of benzene rings is 2. The van der Waals surface area contributed by atoms with Crippen molar-refractivity contribution in [1.82, 2.24) is 0 Å². The summed E-state index contributed by atoms with van der Waals surface area (Å²) in [7, 11) is -3.66. The van der Waals surface area contributed by atoms with Gasteiger partial charge in [-0.1, -0.05) is 22.0 Å². The minimum atomic E-state index is -3.66. The monoisotopic (exact) mass is 394 g/mol. The van der Waals surface area contributed by atoms with E-state index in [1.807, 2.05) is 0 Å². The number of hydrogen-bond donors (Lipinski definition) is 2. The molecule has 0 radical (unpaired) electrons. The van der Waals surface area contributed by atoms with Crippen molar-refractivity contribution < 1.29 is 13.2 Å². The molecule has 23 heavy (non-hydrogen) atoms. The average Bonchev–Trinajstić information content (AvgIpc) is 3.32. The van der Waals surface area contributed by atoms with E-state index in [9.17, 15) is 13.2 Å². The second kappa shape index (κ2) is 6.33. The van der Waals surface area contributed by atoms with Crippen LogP contribution in [0, 0.1) is 5.92 Å². The SMILES string of the molecule is O=C(Nc1cccc(NS(=O)(=O)c2ccc(Br)cc2)c1)C1CC1. The van der Waals surface area contributed by atoms with E-state index in [0.29, 0.717) is 11.4 Å². The van der Waals surface area contributed by atoms with Crippen molar-refractivity contribution in [3.63, 3.8) is 0 Å². The highest BCUT2D eigenvalue weighted by molar-refractivity contribution is 9.10. The molecule has 1 fully saturated rings. The van der Waals surface area contributed by atoms with E-state index in [-0.39, 0.29) is 16.7 Å². The van der Waals surface area contributed by atoms with Gasteiger partial charge >= 0.3 is 0 Å². The van der Waals surface area contributed by atoms with E-state index in [0.717, 1.165) is 17.3 Å². The van der Waals surface area contributed by atoms with E-state index < -0.39 is 10.0 Å². The molecule has 5 nitrogen and oxygen atoms in total. The van der Waals surface area contributed by atoms with E-state index in [2.05, 4.69) is 26.0 Å². The molecule has 7 heteroatoms. The van der Waals surface area contributed by atoms with Crippen LogP contribution in [-0.4, -0.2) is 14.3 Å². The Hall–Kier alpha value is -1.86. The summed E-state index contributed by atoms with van der Waals surface area (Å²) >= 11 is 3.27. The van der Waals surface area contributed by atoms with Crippen LogP contribution in [0.25, 0.3) is 0 Å². The molecule has 0 spiro atoms. The van der Waals surface area contributed by atoms with Gasteiger partial charge in [0.1, 0.15) is 0 Å². The number of sulfonamides is 1. The van der Waals surface area contributed by atoms with Crippen molar-refractivity contribution in [2.24, 2.45) is 5.92 Å². The van der Waals surface area contributed by atoms with Crippen LogP contribution in [0.15, 0.2) is 57.9 Å². The Balaban J connectivity index is 1.76. The normalized spacial score (nSPS) is 14.3. The number of hydrogen-bond acceptors (Lipinski definition) is 3. The first-order chi connectivity index (χ1) is 10.9. The molecule has 3 rings (SSSR count). The predicted molar refractivity (Wildman–Crippen MR) is 92.7 cm³/mol. The minimum Gasteiger partial charge on any atom is -0.326 e. The summed E-state index contributed by atoms with van der Waals surface area (Å²) in [4.78, 5) is 11.9. The molecule has 0 unspecified atom stereocenters. The highest BCUT2D eigenvalue weighted by Gasteiger charge is 2.29. The van der Waals surface area contributed by atoms with Crippen molar-refractivity contribution in [1.29, 1.82) is 0 Å². The molecule has 1 aliphatic rings. The highest BCUT2D eigenvalue weighted by atomic mass is 79.9. The molecular weight excluding hydrogens is 380 g/mol. The Bertz CT molecular complexity index is 831. The summed E-state index contributed by atoms with van der Waals surface area (Å²) in [5.41, 5.74) is 0.986. The molecule has 0 bridgehead atoms. The molecule has 0 saturated heterocycles. The maximum atomic E-state index is 12.4. The quantitative estimate of drug-likeness (QED) is 0.813. The van der Waals surface area contributed by atoms with Gasteiger partial charge in [0.15, 0.2) is 0 Å². The lowest BCUT2D eigenvalue weighted by atomic mass is 10.2. The molecule has 0 atom stereocenters. The number of anilines is 2. The lowest BCUT2D eigenvalue weighted by Crippen LogP contribution is -2.15. The van der Waals surface area contributed by atoms with Crippen LogP contribution in [0.1, 0.15) is 12.8 Å². The summed E-state index contributed by atoms with van der Waals surface area (Å²) < 4.78 is 28.0. The number of amides is 1. The van der Waals surface area contributed by atoms with Crippen LogP contribution in [0.4, 0.5) is 11.4 Å². The van der Waals surface area contributed by atoms with Gasteiger partial charge in [0.05, 0.1) is 10.6 Å². The molecule has 1 amide bonds. The number of halogens is 1. The minimum absolute atomic E-state index is 0.0158. The van der Waals surface area contributed by atoms with Crippen LogP contribution >= 0.6 is 15.9 Å². The predicted octanol–water partition coefficient (Wildman–Crippen LogP) is 3.60. The Labute approximate surface area is 143 Å². The van der Waals surface area contributed by atoms with Gasteiger partial charge in [-0.25, -0.2) is 8.42 Å². The smallest absolute Gasteiger partial charge is 0.261 e. The first kappa shape index (κ1) is 16.0. The summed E-state index contributed by atoms with van der Waals surface area (Å²) in [5, 5.41) is 2.80. The van der Waals surface area contributed by atoms with Gasteiger partial charge in [-0.05, 0) is 55.3 Å². The third-order valence-electron chi connectivity index (χ3n) is 3.45. The molecule has 1 aliphatic carbocycles.